The first-order valence-corrected chi connectivity index (χ1v) is 4.14. The van der Waals surface area contributed by atoms with Crippen LogP contribution in [-0.4, -0.2) is 16.3 Å². The molecular weight excluding hydrogens is 209 g/mol. The van der Waals surface area contributed by atoms with Gasteiger partial charge in [0.25, 0.3) is 0 Å². The van der Waals surface area contributed by atoms with Crippen molar-refractivity contribution < 1.29 is 14.6 Å². The van der Waals surface area contributed by atoms with Crippen LogP contribution in [0.5, 0.6) is 0 Å². The Morgan fingerprint density at radius 1 is 1.43 bits per heavy atom. The predicted octanol–water partition coefficient (Wildman–Crippen LogP) is 1.40. The first-order chi connectivity index (χ1) is 6.56. The standard InChI is InChI=1S/C9H7ClFNO2/c10-7-3-5(11)1-2-6(7)9(14)8(13)4-12/h1-3,8-9,13-14H. The Hall–Kier alpha value is -1.15. The van der Waals surface area contributed by atoms with E-state index in [4.69, 9.17) is 22.0 Å². The average Bonchev–Trinajstić information content (AvgIpc) is 2.15. The number of hydrogen-bond donors (Lipinski definition) is 2. The fourth-order valence-electron chi connectivity index (χ4n) is 0.982. The van der Waals surface area contributed by atoms with Gasteiger partial charge < -0.3 is 10.2 Å². The Morgan fingerprint density at radius 3 is 2.57 bits per heavy atom. The molecule has 0 amide bonds. The molecular formula is C9H7ClFNO2. The SMILES string of the molecule is N#CC(O)C(O)c1ccc(F)cc1Cl. The van der Waals surface area contributed by atoms with Crippen molar-refractivity contribution >= 4 is 11.6 Å². The molecule has 0 saturated carbocycles. The molecule has 1 rings (SSSR count). The van der Waals surface area contributed by atoms with Gasteiger partial charge in [-0.3, -0.25) is 0 Å². The number of nitriles is 1. The quantitative estimate of drug-likeness (QED) is 0.733. The number of rotatable bonds is 2. The maximum absolute atomic E-state index is 12.6. The van der Waals surface area contributed by atoms with Crippen LogP contribution in [0.15, 0.2) is 18.2 Å². The van der Waals surface area contributed by atoms with E-state index in [1.807, 2.05) is 0 Å². The Labute approximate surface area is 85.0 Å². The van der Waals surface area contributed by atoms with Crippen molar-refractivity contribution in [3.63, 3.8) is 0 Å². The van der Waals surface area contributed by atoms with Crippen molar-refractivity contribution in [2.75, 3.05) is 0 Å². The first kappa shape index (κ1) is 10.9. The normalized spacial score (nSPS) is 14.5. The molecule has 5 heteroatoms. The van der Waals surface area contributed by atoms with E-state index in [2.05, 4.69) is 0 Å². The lowest BCUT2D eigenvalue weighted by Crippen LogP contribution is -2.16. The Balaban J connectivity index is 3.03. The number of aliphatic hydroxyl groups is 2. The molecule has 0 spiro atoms. The van der Waals surface area contributed by atoms with E-state index < -0.39 is 18.0 Å². The highest BCUT2D eigenvalue weighted by Crippen LogP contribution is 2.25. The lowest BCUT2D eigenvalue weighted by Gasteiger charge is -2.13. The van der Waals surface area contributed by atoms with Gasteiger partial charge in [-0.15, -0.1) is 0 Å². The predicted molar refractivity (Wildman–Crippen MR) is 48.0 cm³/mol. The molecule has 0 bridgehead atoms. The summed E-state index contributed by atoms with van der Waals surface area (Å²) in [5.41, 5.74) is 0.127. The van der Waals surface area contributed by atoms with Gasteiger partial charge >= 0.3 is 0 Å². The van der Waals surface area contributed by atoms with E-state index in [9.17, 15) is 9.50 Å². The van der Waals surface area contributed by atoms with Gasteiger partial charge in [0.1, 0.15) is 11.9 Å². The molecule has 74 valence electrons. The molecule has 2 unspecified atom stereocenters. The van der Waals surface area contributed by atoms with Crippen molar-refractivity contribution in [1.29, 1.82) is 5.26 Å². The zero-order chi connectivity index (χ0) is 10.7. The van der Waals surface area contributed by atoms with Crippen molar-refractivity contribution in [2.45, 2.75) is 12.2 Å². The minimum atomic E-state index is -1.57. The van der Waals surface area contributed by atoms with Gasteiger partial charge in [-0.25, -0.2) is 4.39 Å². The smallest absolute Gasteiger partial charge is 0.170 e. The molecule has 3 nitrogen and oxygen atoms in total. The van der Waals surface area contributed by atoms with Crippen LogP contribution in [0.1, 0.15) is 11.7 Å². The molecule has 0 aromatic heterocycles. The molecule has 1 aromatic carbocycles. The van der Waals surface area contributed by atoms with E-state index in [1.165, 1.54) is 12.1 Å². The molecule has 2 atom stereocenters. The maximum Gasteiger partial charge on any atom is 0.170 e. The van der Waals surface area contributed by atoms with E-state index in [-0.39, 0.29) is 10.6 Å². The van der Waals surface area contributed by atoms with Crippen molar-refractivity contribution in [3.8, 4) is 6.07 Å². The van der Waals surface area contributed by atoms with Crippen LogP contribution in [0.4, 0.5) is 4.39 Å². The highest BCUT2D eigenvalue weighted by molar-refractivity contribution is 6.31. The molecule has 0 fully saturated rings. The summed E-state index contributed by atoms with van der Waals surface area (Å²) >= 11 is 5.60. The van der Waals surface area contributed by atoms with E-state index in [1.54, 1.807) is 0 Å². The third kappa shape index (κ3) is 2.20. The van der Waals surface area contributed by atoms with Crippen LogP contribution >= 0.6 is 11.6 Å². The van der Waals surface area contributed by atoms with Crippen molar-refractivity contribution in [1.82, 2.24) is 0 Å². The van der Waals surface area contributed by atoms with Crippen molar-refractivity contribution in [3.05, 3.63) is 34.6 Å². The summed E-state index contributed by atoms with van der Waals surface area (Å²) in [7, 11) is 0. The summed E-state index contributed by atoms with van der Waals surface area (Å²) in [6.45, 7) is 0. The van der Waals surface area contributed by atoms with Gasteiger partial charge in [-0.1, -0.05) is 17.7 Å². The second-order valence-electron chi connectivity index (χ2n) is 2.68. The van der Waals surface area contributed by atoms with E-state index in [0.717, 1.165) is 12.1 Å². The van der Waals surface area contributed by atoms with Gasteiger partial charge in [0.2, 0.25) is 0 Å². The third-order valence-electron chi connectivity index (χ3n) is 1.71. The highest BCUT2D eigenvalue weighted by atomic mass is 35.5. The topological polar surface area (TPSA) is 64.2 Å². The second kappa shape index (κ2) is 4.38. The van der Waals surface area contributed by atoms with E-state index in [0.29, 0.717) is 0 Å². The summed E-state index contributed by atoms with van der Waals surface area (Å²) in [4.78, 5) is 0. The number of halogens is 2. The van der Waals surface area contributed by atoms with Gasteiger partial charge in [0.15, 0.2) is 6.10 Å². The monoisotopic (exact) mass is 215 g/mol. The number of aliphatic hydroxyl groups excluding tert-OH is 2. The summed E-state index contributed by atoms with van der Waals surface area (Å²) in [6, 6.07) is 4.78. The zero-order valence-corrected chi connectivity index (χ0v) is 7.74. The first-order valence-electron chi connectivity index (χ1n) is 3.77. The van der Waals surface area contributed by atoms with Gasteiger partial charge in [-0.2, -0.15) is 5.26 Å². The number of nitrogens with zero attached hydrogens (tertiary/aromatic N) is 1. The zero-order valence-electron chi connectivity index (χ0n) is 6.98. The van der Waals surface area contributed by atoms with Crippen LogP contribution in [0.2, 0.25) is 5.02 Å². The van der Waals surface area contributed by atoms with Gasteiger partial charge in [0.05, 0.1) is 6.07 Å². The minimum Gasteiger partial charge on any atom is -0.384 e. The minimum absolute atomic E-state index is 0.0215. The fourth-order valence-corrected chi connectivity index (χ4v) is 1.26. The molecule has 14 heavy (non-hydrogen) atoms. The summed E-state index contributed by atoms with van der Waals surface area (Å²) < 4.78 is 12.6. The Kier molecular flexibility index (Phi) is 3.42. The molecule has 0 heterocycles. The van der Waals surface area contributed by atoms with Crippen LogP contribution in [-0.2, 0) is 0 Å². The Bertz CT molecular complexity index is 378. The summed E-state index contributed by atoms with van der Waals surface area (Å²) in [5.74, 6) is -0.544. The van der Waals surface area contributed by atoms with Crippen LogP contribution in [0, 0.1) is 17.1 Å². The van der Waals surface area contributed by atoms with Gasteiger partial charge in [-0.05, 0) is 12.1 Å². The molecule has 1 aromatic rings. The van der Waals surface area contributed by atoms with Gasteiger partial charge in [0, 0.05) is 10.6 Å². The second-order valence-corrected chi connectivity index (χ2v) is 3.09. The summed E-state index contributed by atoms with van der Waals surface area (Å²) in [5, 5.41) is 26.7. The fraction of sp³-hybridized carbons (Fsp3) is 0.222. The summed E-state index contributed by atoms with van der Waals surface area (Å²) in [6.07, 6.45) is -2.99. The van der Waals surface area contributed by atoms with Crippen LogP contribution < -0.4 is 0 Å². The maximum atomic E-state index is 12.6. The third-order valence-corrected chi connectivity index (χ3v) is 2.04. The molecule has 0 aliphatic rings. The van der Waals surface area contributed by atoms with E-state index >= 15 is 0 Å². The lowest BCUT2D eigenvalue weighted by atomic mass is 10.1. The van der Waals surface area contributed by atoms with Crippen LogP contribution in [0.3, 0.4) is 0 Å². The van der Waals surface area contributed by atoms with Crippen molar-refractivity contribution in [2.24, 2.45) is 0 Å². The number of hydrogen-bond acceptors (Lipinski definition) is 3. The largest absolute Gasteiger partial charge is 0.384 e. The highest BCUT2D eigenvalue weighted by Gasteiger charge is 2.20. The van der Waals surface area contributed by atoms with Crippen LogP contribution in [0.25, 0.3) is 0 Å². The Morgan fingerprint density at radius 2 is 2.07 bits per heavy atom. The molecule has 0 aliphatic heterocycles. The number of benzene rings is 1. The molecule has 2 N–H and O–H groups in total. The molecule has 0 radical (unpaired) electrons. The average molecular weight is 216 g/mol. The lowest BCUT2D eigenvalue weighted by molar-refractivity contribution is 0.0528. The molecule has 0 aliphatic carbocycles. The molecule has 0 saturated heterocycles.